The number of nitrogens with two attached hydrogens (primary N) is 2. The van der Waals surface area contributed by atoms with Gasteiger partial charge in [0.15, 0.2) is 12.3 Å². The van der Waals surface area contributed by atoms with E-state index in [0.717, 1.165) is 4.68 Å². The number of amides is 2. The summed E-state index contributed by atoms with van der Waals surface area (Å²) in [5.74, 6) is -0.671. The minimum atomic E-state index is -0.581. The summed E-state index contributed by atoms with van der Waals surface area (Å²) in [4.78, 5) is 23.1. The van der Waals surface area contributed by atoms with Crippen LogP contribution >= 0.6 is 0 Å². The fraction of sp³-hybridized carbons (Fsp3) is 0.133. The van der Waals surface area contributed by atoms with Crippen molar-refractivity contribution in [2.45, 2.75) is 6.92 Å². The molecule has 0 atom stereocenters. The van der Waals surface area contributed by atoms with E-state index in [0.29, 0.717) is 17.0 Å². The highest BCUT2D eigenvalue weighted by Gasteiger charge is 2.22. The predicted molar refractivity (Wildman–Crippen MR) is 94.6 cm³/mol. The van der Waals surface area contributed by atoms with Crippen LogP contribution in [-0.4, -0.2) is 49.9 Å². The number of aryl methyl sites for hydroxylation is 1. The highest BCUT2D eigenvalue weighted by molar-refractivity contribution is 5.94. The molecule has 0 saturated carbocycles. The summed E-state index contributed by atoms with van der Waals surface area (Å²) in [6.45, 7) is 1.38. The molecule has 0 radical (unpaired) electrons. The fourth-order valence-corrected chi connectivity index (χ4v) is 2.13. The van der Waals surface area contributed by atoms with Gasteiger partial charge in [-0.1, -0.05) is 5.21 Å². The van der Waals surface area contributed by atoms with E-state index < -0.39 is 11.8 Å². The van der Waals surface area contributed by atoms with E-state index in [9.17, 15) is 9.59 Å². The summed E-state index contributed by atoms with van der Waals surface area (Å²) in [6.07, 6.45) is 1.42. The van der Waals surface area contributed by atoms with E-state index in [1.165, 1.54) is 6.21 Å². The van der Waals surface area contributed by atoms with Gasteiger partial charge in [-0.05, 0) is 47.1 Å². The van der Waals surface area contributed by atoms with Crippen molar-refractivity contribution in [1.29, 1.82) is 0 Å². The number of hydrogen-bond acceptors (Lipinski definition) is 10. The Bertz CT molecular complexity index is 1020. The summed E-state index contributed by atoms with van der Waals surface area (Å²) in [5, 5.41) is 18.6. The topological polar surface area (TPSA) is 189 Å². The van der Waals surface area contributed by atoms with Crippen LogP contribution in [0.4, 0.5) is 5.82 Å². The highest BCUT2D eigenvalue weighted by atomic mass is 16.6. The van der Waals surface area contributed by atoms with Crippen molar-refractivity contribution in [2.75, 3.05) is 12.3 Å². The van der Waals surface area contributed by atoms with Crippen LogP contribution in [0.15, 0.2) is 34.0 Å². The largest absolute Gasteiger partial charge is 0.484 e. The molecule has 3 rings (SSSR count). The lowest BCUT2D eigenvalue weighted by Gasteiger charge is -2.04. The molecule has 13 heteroatoms. The molecule has 0 bridgehead atoms. The maximum Gasteiger partial charge on any atom is 0.292 e. The monoisotopic (exact) mass is 385 g/mol. The number of nitrogens with zero attached hydrogens (tertiary/aromatic N) is 6. The predicted octanol–water partition coefficient (Wildman–Crippen LogP) is -0.831. The van der Waals surface area contributed by atoms with E-state index in [4.69, 9.17) is 16.2 Å². The number of primary amides is 1. The van der Waals surface area contributed by atoms with Crippen molar-refractivity contribution in [1.82, 2.24) is 30.7 Å². The van der Waals surface area contributed by atoms with Gasteiger partial charge in [-0.3, -0.25) is 9.59 Å². The molecule has 0 aliphatic heterocycles. The third kappa shape index (κ3) is 4.09. The van der Waals surface area contributed by atoms with Gasteiger partial charge < -0.3 is 16.2 Å². The molecule has 28 heavy (non-hydrogen) atoms. The average molecular weight is 385 g/mol. The van der Waals surface area contributed by atoms with Gasteiger partial charge in [0.05, 0.1) is 11.9 Å². The Balaban J connectivity index is 1.67. The average Bonchev–Trinajstić information content (AvgIpc) is 3.26. The molecule has 2 aromatic heterocycles. The SMILES string of the molecule is Cc1nnn(-c2nonc2N)c1C(=O)N/N=C/c1ccc(OCC(N)=O)cc1. The maximum atomic E-state index is 12.4. The van der Waals surface area contributed by atoms with Crippen LogP contribution in [0.25, 0.3) is 5.82 Å². The summed E-state index contributed by atoms with van der Waals surface area (Å²) < 4.78 is 10.8. The van der Waals surface area contributed by atoms with Gasteiger partial charge in [-0.2, -0.15) is 9.78 Å². The highest BCUT2D eigenvalue weighted by Crippen LogP contribution is 2.15. The minimum Gasteiger partial charge on any atom is -0.484 e. The molecule has 13 nitrogen and oxygen atoms in total. The Morgan fingerprint density at radius 2 is 2.07 bits per heavy atom. The lowest BCUT2D eigenvalue weighted by atomic mass is 10.2. The number of carbonyl (C=O) groups excluding carboxylic acids is 2. The standard InChI is InChI=1S/C15H15N9O4/c1-8-12(24(23-19-8)14-13(17)21-28-22-14)15(26)20-18-6-9-2-4-10(5-3-9)27-7-11(16)25/h2-6H,7H2,1H3,(H2,16,25)(H2,17,21)(H,20,26)/b18-6+. The Hall–Kier alpha value is -4.29. The molecule has 0 spiro atoms. The van der Waals surface area contributed by atoms with Gasteiger partial charge in [0.25, 0.3) is 11.8 Å². The van der Waals surface area contributed by atoms with Crippen molar-refractivity contribution in [3.05, 3.63) is 41.2 Å². The van der Waals surface area contributed by atoms with Crippen LogP contribution in [0.5, 0.6) is 5.75 Å². The van der Waals surface area contributed by atoms with Gasteiger partial charge >= 0.3 is 0 Å². The minimum absolute atomic E-state index is 0.0407. The maximum absolute atomic E-state index is 12.4. The Morgan fingerprint density at radius 3 is 2.71 bits per heavy atom. The van der Waals surface area contributed by atoms with Crippen molar-refractivity contribution in [3.8, 4) is 11.6 Å². The van der Waals surface area contributed by atoms with Crippen LogP contribution < -0.4 is 21.6 Å². The molecule has 0 fully saturated rings. The number of anilines is 1. The smallest absolute Gasteiger partial charge is 0.292 e. The number of benzene rings is 1. The number of ether oxygens (including phenoxy) is 1. The summed E-state index contributed by atoms with van der Waals surface area (Å²) in [6, 6.07) is 6.64. The third-order valence-electron chi connectivity index (χ3n) is 3.39. The van der Waals surface area contributed by atoms with E-state index in [1.807, 2.05) is 0 Å². The van der Waals surface area contributed by atoms with Crippen molar-refractivity contribution in [3.63, 3.8) is 0 Å². The van der Waals surface area contributed by atoms with Gasteiger partial charge in [-0.25, -0.2) is 10.1 Å². The van der Waals surface area contributed by atoms with Crippen LogP contribution in [0.1, 0.15) is 21.7 Å². The first kappa shape index (κ1) is 18.5. The molecule has 0 aliphatic rings. The number of nitrogen functional groups attached to an aromatic ring is 1. The summed E-state index contributed by atoms with van der Waals surface area (Å²) >= 11 is 0. The first-order chi connectivity index (χ1) is 13.5. The van der Waals surface area contributed by atoms with Gasteiger partial charge in [-0.15, -0.1) is 5.10 Å². The first-order valence-corrected chi connectivity index (χ1v) is 7.81. The molecule has 0 aliphatic carbocycles. The number of hydrogen-bond donors (Lipinski definition) is 3. The number of hydrazone groups is 1. The number of aromatic nitrogens is 5. The zero-order valence-electron chi connectivity index (χ0n) is 14.6. The summed E-state index contributed by atoms with van der Waals surface area (Å²) in [5.41, 5.74) is 14.1. The summed E-state index contributed by atoms with van der Waals surface area (Å²) in [7, 11) is 0. The van der Waals surface area contributed by atoms with E-state index in [1.54, 1.807) is 31.2 Å². The lowest BCUT2D eigenvalue weighted by Crippen LogP contribution is -2.22. The number of nitrogens with one attached hydrogen (secondary N) is 1. The van der Waals surface area contributed by atoms with E-state index in [-0.39, 0.29) is 23.9 Å². The molecular formula is C15H15N9O4. The molecule has 3 aromatic rings. The molecule has 2 heterocycles. The fourth-order valence-electron chi connectivity index (χ4n) is 2.13. The number of rotatable bonds is 7. The molecular weight excluding hydrogens is 370 g/mol. The molecule has 2 amide bonds. The second-order valence-electron chi connectivity index (χ2n) is 5.43. The van der Waals surface area contributed by atoms with Crippen LogP contribution in [0, 0.1) is 6.92 Å². The van der Waals surface area contributed by atoms with Crippen molar-refractivity contribution >= 4 is 23.8 Å². The zero-order chi connectivity index (χ0) is 20.1. The molecule has 0 unspecified atom stereocenters. The quantitative estimate of drug-likeness (QED) is 0.344. The van der Waals surface area contributed by atoms with Crippen LogP contribution in [-0.2, 0) is 4.79 Å². The van der Waals surface area contributed by atoms with Gasteiger partial charge in [0.1, 0.15) is 5.75 Å². The normalized spacial score (nSPS) is 10.9. The van der Waals surface area contributed by atoms with E-state index in [2.05, 4.69) is 35.8 Å². The molecule has 5 N–H and O–H groups in total. The Labute approximate surface area is 157 Å². The van der Waals surface area contributed by atoms with Crippen molar-refractivity contribution in [2.24, 2.45) is 10.8 Å². The number of carbonyl (C=O) groups is 2. The zero-order valence-corrected chi connectivity index (χ0v) is 14.6. The molecule has 0 saturated heterocycles. The molecule has 1 aromatic carbocycles. The van der Waals surface area contributed by atoms with Crippen molar-refractivity contribution < 1.29 is 19.0 Å². The second kappa shape index (κ2) is 7.94. The van der Waals surface area contributed by atoms with Gasteiger partial charge in [0, 0.05) is 0 Å². The van der Waals surface area contributed by atoms with E-state index >= 15 is 0 Å². The van der Waals surface area contributed by atoms with Crippen LogP contribution in [0.3, 0.4) is 0 Å². The lowest BCUT2D eigenvalue weighted by molar-refractivity contribution is -0.119. The first-order valence-electron chi connectivity index (χ1n) is 7.81. The Morgan fingerprint density at radius 1 is 1.32 bits per heavy atom. The Kier molecular flexibility index (Phi) is 5.25. The third-order valence-corrected chi connectivity index (χ3v) is 3.39. The second-order valence-corrected chi connectivity index (χ2v) is 5.43. The van der Waals surface area contributed by atoms with Crippen LogP contribution in [0.2, 0.25) is 0 Å². The van der Waals surface area contributed by atoms with Gasteiger partial charge in [0.2, 0.25) is 11.6 Å². The molecule has 144 valence electrons.